The number of methoxy groups -OCH3 is 1. The van der Waals surface area contributed by atoms with E-state index in [1.807, 2.05) is 44.2 Å². The third-order valence-electron chi connectivity index (χ3n) is 1.82. The van der Waals surface area contributed by atoms with Gasteiger partial charge >= 0.3 is 0 Å². The lowest BCUT2D eigenvalue weighted by molar-refractivity contribution is 0.419. The lowest BCUT2D eigenvalue weighted by Gasteiger charge is -2.02. The molecule has 0 unspecified atom stereocenters. The molecule has 74 valence electrons. The predicted molar refractivity (Wildman–Crippen MR) is 59.6 cm³/mol. The van der Waals surface area contributed by atoms with E-state index >= 15 is 0 Å². The number of ether oxygens (including phenoxy) is 1. The summed E-state index contributed by atoms with van der Waals surface area (Å²) in [6, 6.07) is 9.83. The quantitative estimate of drug-likeness (QED) is 0.686. The molecule has 0 spiro atoms. The number of hydrogen-bond acceptors (Lipinski definition) is 2. The van der Waals surface area contributed by atoms with E-state index in [2.05, 4.69) is 4.98 Å². The molecule has 0 radical (unpaired) electrons. The molecular formula is C12H15NO. The van der Waals surface area contributed by atoms with Crippen LogP contribution in [0.2, 0.25) is 0 Å². The summed E-state index contributed by atoms with van der Waals surface area (Å²) < 4.78 is 5.16. The average molecular weight is 189 g/mol. The average Bonchev–Trinajstić information content (AvgIpc) is 2.31. The third kappa shape index (κ3) is 2.02. The molecule has 0 aliphatic rings. The molecule has 2 rings (SSSR count). The molecule has 0 fully saturated rings. The molecule has 2 heteroatoms. The van der Waals surface area contributed by atoms with Gasteiger partial charge in [0.05, 0.1) is 7.11 Å². The van der Waals surface area contributed by atoms with Crippen molar-refractivity contribution in [1.82, 2.24) is 4.98 Å². The minimum atomic E-state index is 0.827. The van der Waals surface area contributed by atoms with Gasteiger partial charge in [-0.3, -0.25) is 4.98 Å². The summed E-state index contributed by atoms with van der Waals surface area (Å²) in [5, 5.41) is 1.11. The zero-order valence-corrected chi connectivity index (χ0v) is 8.82. The van der Waals surface area contributed by atoms with E-state index in [0.717, 1.165) is 16.7 Å². The van der Waals surface area contributed by atoms with Crippen LogP contribution < -0.4 is 4.74 Å². The Morgan fingerprint density at radius 2 is 1.79 bits per heavy atom. The van der Waals surface area contributed by atoms with Crippen molar-refractivity contribution in [1.29, 1.82) is 0 Å². The molecule has 0 aliphatic carbocycles. The first kappa shape index (κ1) is 10.5. The van der Waals surface area contributed by atoms with Crippen LogP contribution in [-0.4, -0.2) is 12.1 Å². The molecule has 0 saturated carbocycles. The summed E-state index contributed by atoms with van der Waals surface area (Å²) in [6.45, 7) is 4.00. The highest BCUT2D eigenvalue weighted by Gasteiger charge is 1.98. The fourth-order valence-corrected chi connectivity index (χ4v) is 1.24. The van der Waals surface area contributed by atoms with Crippen molar-refractivity contribution < 1.29 is 4.74 Å². The highest BCUT2D eigenvalue weighted by atomic mass is 16.5. The Morgan fingerprint density at radius 3 is 2.50 bits per heavy atom. The minimum absolute atomic E-state index is 0.827. The minimum Gasteiger partial charge on any atom is -0.494 e. The number of rotatable bonds is 1. The number of aromatic nitrogens is 1. The fourth-order valence-electron chi connectivity index (χ4n) is 1.24. The number of benzene rings is 1. The molecule has 0 bridgehead atoms. The van der Waals surface area contributed by atoms with E-state index in [-0.39, 0.29) is 0 Å². The number of nitrogens with zero attached hydrogens (tertiary/aromatic N) is 1. The summed E-state index contributed by atoms with van der Waals surface area (Å²) in [6.07, 6.45) is 1.77. The zero-order valence-electron chi connectivity index (χ0n) is 8.82. The maximum absolute atomic E-state index is 5.16. The Kier molecular flexibility index (Phi) is 3.92. The van der Waals surface area contributed by atoms with E-state index in [0.29, 0.717) is 0 Å². The molecular weight excluding hydrogens is 174 g/mol. The Labute approximate surface area is 84.5 Å². The molecule has 0 atom stereocenters. The maximum atomic E-state index is 5.16. The molecule has 1 aromatic heterocycles. The van der Waals surface area contributed by atoms with Gasteiger partial charge in [-0.25, -0.2) is 0 Å². The van der Waals surface area contributed by atoms with Crippen LogP contribution in [0.5, 0.6) is 5.75 Å². The van der Waals surface area contributed by atoms with E-state index in [9.17, 15) is 0 Å². The SMILES string of the molecule is CC.COc1cccc2cccnc12. The number of pyridine rings is 1. The number of fused-ring (bicyclic) bond motifs is 1. The molecule has 2 nitrogen and oxygen atoms in total. The maximum Gasteiger partial charge on any atom is 0.145 e. The van der Waals surface area contributed by atoms with Crippen molar-refractivity contribution in [2.24, 2.45) is 0 Å². The van der Waals surface area contributed by atoms with E-state index in [1.165, 1.54) is 0 Å². The van der Waals surface area contributed by atoms with Crippen LogP contribution in [0.3, 0.4) is 0 Å². The van der Waals surface area contributed by atoms with E-state index in [4.69, 9.17) is 4.74 Å². The van der Waals surface area contributed by atoms with Crippen LogP contribution in [0.4, 0.5) is 0 Å². The van der Waals surface area contributed by atoms with E-state index < -0.39 is 0 Å². The molecule has 0 N–H and O–H groups in total. The van der Waals surface area contributed by atoms with Gasteiger partial charge in [-0.05, 0) is 12.1 Å². The van der Waals surface area contributed by atoms with Crippen molar-refractivity contribution >= 4 is 10.9 Å². The first-order chi connectivity index (χ1) is 6.92. The molecule has 0 amide bonds. The van der Waals surface area contributed by atoms with Gasteiger partial charge < -0.3 is 4.74 Å². The second kappa shape index (κ2) is 5.22. The third-order valence-corrected chi connectivity index (χ3v) is 1.82. The molecule has 1 heterocycles. The summed E-state index contributed by atoms with van der Waals surface area (Å²) in [5.74, 6) is 0.827. The standard InChI is InChI=1S/C10H9NO.C2H6/c1-12-9-6-2-4-8-5-3-7-11-10(8)9;1-2/h2-7H,1H3;1-2H3. The molecule has 0 saturated heterocycles. The molecule has 2 aromatic rings. The lowest BCUT2D eigenvalue weighted by atomic mass is 10.2. The van der Waals surface area contributed by atoms with Crippen LogP contribution in [0, 0.1) is 0 Å². The van der Waals surface area contributed by atoms with Gasteiger partial charge in [0.15, 0.2) is 0 Å². The highest BCUT2D eigenvalue weighted by Crippen LogP contribution is 2.21. The lowest BCUT2D eigenvalue weighted by Crippen LogP contribution is -1.85. The largest absolute Gasteiger partial charge is 0.494 e. The van der Waals surface area contributed by atoms with E-state index in [1.54, 1.807) is 13.3 Å². The Morgan fingerprint density at radius 1 is 1.07 bits per heavy atom. The Hall–Kier alpha value is -1.57. The topological polar surface area (TPSA) is 22.1 Å². The van der Waals surface area contributed by atoms with Gasteiger partial charge in [0.2, 0.25) is 0 Å². The molecule has 14 heavy (non-hydrogen) atoms. The van der Waals surface area contributed by atoms with Crippen molar-refractivity contribution in [3.63, 3.8) is 0 Å². The van der Waals surface area contributed by atoms with Gasteiger partial charge in [0.25, 0.3) is 0 Å². The smallest absolute Gasteiger partial charge is 0.145 e. The Bertz CT molecular complexity index is 393. The van der Waals surface area contributed by atoms with Crippen LogP contribution in [0.1, 0.15) is 13.8 Å². The van der Waals surface area contributed by atoms with Crippen molar-refractivity contribution in [3.8, 4) is 5.75 Å². The fraction of sp³-hybridized carbons (Fsp3) is 0.250. The van der Waals surface area contributed by atoms with Crippen molar-refractivity contribution in [3.05, 3.63) is 36.5 Å². The van der Waals surface area contributed by atoms with Gasteiger partial charge in [-0.2, -0.15) is 0 Å². The predicted octanol–water partition coefficient (Wildman–Crippen LogP) is 3.27. The second-order valence-electron chi connectivity index (χ2n) is 2.54. The van der Waals surface area contributed by atoms with Crippen molar-refractivity contribution in [2.75, 3.05) is 7.11 Å². The van der Waals surface area contributed by atoms with Crippen LogP contribution >= 0.6 is 0 Å². The van der Waals surface area contributed by atoms with Crippen molar-refractivity contribution in [2.45, 2.75) is 13.8 Å². The van der Waals surface area contributed by atoms with Gasteiger partial charge in [0, 0.05) is 11.6 Å². The second-order valence-corrected chi connectivity index (χ2v) is 2.54. The number of hydrogen-bond donors (Lipinski definition) is 0. The summed E-state index contributed by atoms with van der Waals surface area (Å²) in [7, 11) is 1.66. The van der Waals surface area contributed by atoms with Crippen LogP contribution in [0.15, 0.2) is 36.5 Å². The Balaban J connectivity index is 0.000000461. The highest BCUT2D eigenvalue weighted by molar-refractivity contribution is 5.84. The summed E-state index contributed by atoms with van der Waals surface area (Å²) in [5.41, 5.74) is 0.919. The van der Waals surface area contributed by atoms with Crippen LogP contribution in [0.25, 0.3) is 10.9 Å². The van der Waals surface area contributed by atoms with Gasteiger partial charge in [-0.1, -0.05) is 32.0 Å². The molecule has 1 aromatic carbocycles. The molecule has 0 aliphatic heterocycles. The summed E-state index contributed by atoms with van der Waals surface area (Å²) in [4.78, 5) is 4.23. The number of para-hydroxylation sites is 1. The summed E-state index contributed by atoms with van der Waals surface area (Å²) >= 11 is 0. The zero-order chi connectivity index (χ0) is 10.4. The van der Waals surface area contributed by atoms with Gasteiger partial charge in [-0.15, -0.1) is 0 Å². The monoisotopic (exact) mass is 189 g/mol. The normalized spacial score (nSPS) is 9.07. The van der Waals surface area contributed by atoms with Crippen LogP contribution in [-0.2, 0) is 0 Å². The first-order valence-corrected chi connectivity index (χ1v) is 4.79. The van der Waals surface area contributed by atoms with Gasteiger partial charge in [0.1, 0.15) is 11.3 Å². The first-order valence-electron chi connectivity index (χ1n) is 4.79.